The molecule has 1 aliphatic carbocycles. The second-order valence-electron chi connectivity index (χ2n) is 17.5. The van der Waals surface area contributed by atoms with Crippen LogP contribution >= 0.6 is 0 Å². The highest BCUT2D eigenvalue weighted by atomic mass is 15.0. The van der Waals surface area contributed by atoms with Crippen LogP contribution in [0.3, 0.4) is 0 Å². The van der Waals surface area contributed by atoms with Gasteiger partial charge >= 0.3 is 0 Å². The zero-order valence-electron chi connectivity index (χ0n) is 33.9. The molecule has 59 heavy (non-hydrogen) atoms. The van der Waals surface area contributed by atoms with Crippen molar-refractivity contribution in [3.8, 4) is 51.0 Å². The smallest absolute Gasteiger partial charge is 0.164 e. The van der Waals surface area contributed by atoms with Crippen molar-refractivity contribution in [2.45, 2.75) is 51.4 Å². The van der Waals surface area contributed by atoms with Gasteiger partial charge in [0.1, 0.15) is 0 Å². The minimum atomic E-state index is 0.0276. The second-order valence-corrected chi connectivity index (χ2v) is 17.5. The molecule has 0 unspecified atom stereocenters. The van der Waals surface area contributed by atoms with Crippen LogP contribution in [0.25, 0.3) is 94.3 Å². The first kappa shape index (κ1) is 35.3. The predicted octanol–water partition coefficient (Wildman–Crippen LogP) is 14.3. The van der Waals surface area contributed by atoms with Crippen LogP contribution in [-0.2, 0) is 10.8 Å². The van der Waals surface area contributed by atoms with Gasteiger partial charge in [-0.15, -0.1) is 0 Å². The van der Waals surface area contributed by atoms with Crippen molar-refractivity contribution in [2.24, 2.45) is 0 Å². The van der Waals surface area contributed by atoms with Crippen molar-refractivity contribution in [3.05, 3.63) is 181 Å². The van der Waals surface area contributed by atoms with Gasteiger partial charge < -0.3 is 4.57 Å². The molecule has 1 aliphatic rings. The van der Waals surface area contributed by atoms with E-state index >= 15 is 0 Å². The first-order valence-corrected chi connectivity index (χ1v) is 20.7. The molecule has 0 N–H and O–H groups in total. The highest BCUT2D eigenvalue weighted by molar-refractivity contribution is 6.23. The first-order valence-electron chi connectivity index (χ1n) is 20.7. The van der Waals surface area contributed by atoms with E-state index in [9.17, 15) is 0 Å². The molecule has 0 amide bonds. The molecular formula is C55H44N4. The standard InChI is InChI=1S/C55H44N4/c1-54(2)32-33-55(3,4)50-44(54)28-31-47-49(50)48-40-23-12-11-18-36(40)26-29-46(48)59(47)45-30-27-43(41-24-13-14-25-42(41)45)53-57-51(37-19-9-6-10-20-37)56-52(58-53)39-22-15-21-38(34-39)35-16-7-5-8-17-35/h5-31,34H,32-33H2,1-4H3. The van der Waals surface area contributed by atoms with Gasteiger partial charge in [0.05, 0.1) is 16.7 Å². The van der Waals surface area contributed by atoms with Crippen LogP contribution in [0.2, 0.25) is 0 Å². The molecule has 284 valence electrons. The van der Waals surface area contributed by atoms with E-state index in [-0.39, 0.29) is 10.8 Å². The summed E-state index contributed by atoms with van der Waals surface area (Å²) in [6.07, 6.45) is 2.32. The summed E-state index contributed by atoms with van der Waals surface area (Å²) in [4.78, 5) is 15.6. The second kappa shape index (κ2) is 13.3. The number of benzene rings is 8. The largest absolute Gasteiger partial charge is 0.309 e. The summed E-state index contributed by atoms with van der Waals surface area (Å²) in [7, 11) is 0. The Hall–Kier alpha value is -6.91. The van der Waals surface area contributed by atoms with Gasteiger partial charge in [0.25, 0.3) is 0 Å². The number of rotatable bonds is 5. The lowest BCUT2D eigenvalue weighted by Crippen LogP contribution is -2.34. The summed E-state index contributed by atoms with van der Waals surface area (Å²) < 4.78 is 2.52. The van der Waals surface area contributed by atoms with E-state index in [1.54, 1.807) is 0 Å². The number of aromatic nitrogens is 4. The molecule has 10 aromatic rings. The Morgan fingerprint density at radius 3 is 1.78 bits per heavy atom. The lowest BCUT2D eigenvalue weighted by atomic mass is 9.62. The molecular weight excluding hydrogens is 717 g/mol. The molecule has 8 aromatic carbocycles. The fourth-order valence-electron chi connectivity index (χ4n) is 9.76. The number of hydrogen-bond donors (Lipinski definition) is 0. The summed E-state index contributed by atoms with van der Waals surface area (Å²) in [6.45, 7) is 9.74. The van der Waals surface area contributed by atoms with E-state index in [1.165, 1.54) is 50.1 Å². The third-order valence-electron chi connectivity index (χ3n) is 12.9. The number of fused-ring (bicyclic) bond motifs is 8. The van der Waals surface area contributed by atoms with E-state index < -0.39 is 0 Å². The Labute approximate surface area is 344 Å². The fraction of sp³-hybridized carbons (Fsp3) is 0.145. The number of nitrogens with zero attached hydrogens (tertiary/aromatic N) is 4. The first-order chi connectivity index (χ1) is 28.7. The predicted molar refractivity (Wildman–Crippen MR) is 246 cm³/mol. The maximum absolute atomic E-state index is 5.26. The Bertz CT molecular complexity index is 3270. The molecule has 4 nitrogen and oxygen atoms in total. The Morgan fingerprint density at radius 1 is 0.424 bits per heavy atom. The van der Waals surface area contributed by atoms with E-state index in [0.29, 0.717) is 17.5 Å². The normalized spacial score (nSPS) is 14.6. The van der Waals surface area contributed by atoms with Crippen molar-refractivity contribution in [1.29, 1.82) is 0 Å². The average molecular weight is 761 g/mol. The van der Waals surface area contributed by atoms with Gasteiger partial charge in [0.15, 0.2) is 17.5 Å². The van der Waals surface area contributed by atoms with Gasteiger partial charge in [0.2, 0.25) is 0 Å². The van der Waals surface area contributed by atoms with Crippen LogP contribution in [0.15, 0.2) is 170 Å². The summed E-state index contributed by atoms with van der Waals surface area (Å²) in [5.41, 5.74) is 11.8. The SMILES string of the molecule is CC1(C)CCC(C)(C)c2c1ccc1c2c2c3ccccc3ccc2n1-c1ccc(-c2nc(-c3ccccc3)nc(-c3cccc(-c4ccccc4)c3)n2)c2ccccc12. The van der Waals surface area contributed by atoms with E-state index in [2.05, 4.69) is 178 Å². The van der Waals surface area contributed by atoms with E-state index in [1.807, 2.05) is 24.3 Å². The van der Waals surface area contributed by atoms with Crippen LogP contribution < -0.4 is 0 Å². The molecule has 0 aliphatic heterocycles. The third kappa shape index (κ3) is 5.69. The van der Waals surface area contributed by atoms with Crippen molar-refractivity contribution >= 4 is 43.4 Å². The lowest BCUT2D eigenvalue weighted by Gasteiger charge is -2.42. The van der Waals surface area contributed by atoms with Crippen LogP contribution in [0.4, 0.5) is 0 Å². The highest BCUT2D eigenvalue weighted by Crippen LogP contribution is 2.52. The van der Waals surface area contributed by atoms with Crippen LogP contribution in [0, 0.1) is 0 Å². The summed E-state index contributed by atoms with van der Waals surface area (Å²) in [6, 6.07) is 60.8. The van der Waals surface area contributed by atoms with Crippen molar-refractivity contribution in [2.75, 3.05) is 0 Å². The molecule has 0 saturated heterocycles. The van der Waals surface area contributed by atoms with Crippen LogP contribution in [-0.4, -0.2) is 19.5 Å². The zero-order valence-corrected chi connectivity index (χ0v) is 33.9. The van der Waals surface area contributed by atoms with E-state index in [0.717, 1.165) is 50.7 Å². The van der Waals surface area contributed by atoms with Gasteiger partial charge in [-0.2, -0.15) is 0 Å². The molecule has 2 heterocycles. The van der Waals surface area contributed by atoms with Gasteiger partial charge in [-0.05, 0) is 92.4 Å². The molecule has 0 atom stereocenters. The summed E-state index contributed by atoms with van der Waals surface area (Å²) in [5, 5.41) is 7.51. The Balaban J connectivity index is 1.17. The van der Waals surface area contributed by atoms with Gasteiger partial charge in [0, 0.05) is 32.8 Å². The minimum absolute atomic E-state index is 0.0276. The molecule has 11 rings (SSSR count). The monoisotopic (exact) mass is 760 g/mol. The lowest BCUT2D eigenvalue weighted by molar-refractivity contribution is 0.334. The molecule has 0 saturated carbocycles. The quantitative estimate of drug-likeness (QED) is 0.175. The molecule has 0 radical (unpaired) electrons. The molecule has 0 spiro atoms. The summed E-state index contributed by atoms with van der Waals surface area (Å²) >= 11 is 0. The van der Waals surface area contributed by atoms with Gasteiger partial charge in [-0.25, -0.2) is 15.0 Å². The van der Waals surface area contributed by atoms with Crippen molar-refractivity contribution < 1.29 is 0 Å². The van der Waals surface area contributed by atoms with E-state index in [4.69, 9.17) is 15.0 Å². The third-order valence-corrected chi connectivity index (χ3v) is 12.9. The Kier molecular flexibility index (Phi) is 7.96. The highest BCUT2D eigenvalue weighted by Gasteiger charge is 2.39. The van der Waals surface area contributed by atoms with Gasteiger partial charge in [-0.1, -0.05) is 167 Å². The van der Waals surface area contributed by atoms with Crippen LogP contribution in [0.1, 0.15) is 51.7 Å². The molecule has 0 bridgehead atoms. The van der Waals surface area contributed by atoms with Crippen LogP contribution in [0.5, 0.6) is 0 Å². The fourth-order valence-corrected chi connectivity index (χ4v) is 9.76. The summed E-state index contributed by atoms with van der Waals surface area (Å²) in [5.74, 6) is 1.94. The van der Waals surface area contributed by atoms with Crippen molar-refractivity contribution in [3.63, 3.8) is 0 Å². The van der Waals surface area contributed by atoms with Crippen molar-refractivity contribution in [1.82, 2.24) is 19.5 Å². The zero-order chi connectivity index (χ0) is 39.9. The topological polar surface area (TPSA) is 43.6 Å². The molecule has 2 aromatic heterocycles. The number of hydrogen-bond acceptors (Lipinski definition) is 3. The Morgan fingerprint density at radius 2 is 1.00 bits per heavy atom. The maximum Gasteiger partial charge on any atom is 0.164 e. The maximum atomic E-state index is 5.26. The van der Waals surface area contributed by atoms with Gasteiger partial charge in [-0.3, -0.25) is 0 Å². The molecule has 0 fully saturated rings. The average Bonchev–Trinajstić information content (AvgIpc) is 3.62. The molecule has 4 heteroatoms. The minimum Gasteiger partial charge on any atom is -0.309 e.